The van der Waals surface area contributed by atoms with Gasteiger partial charge in [0.05, 0.1) is 11.4 Å². The molecule has 2 aromatic rings. The van der Waals surface area contributed by atoms with Gasteiger partial charge < -0.3 is 10.6 Å². The standard InChI is InChI=1S/C16H20N4O/c1-10-3-5-11(6-4-10)9-20(2)16(21)15-13(17)14(18-19-15)12-7-8-12/h3-6,12H,7-9,17H2,1-2H3,(H,18,19). The van der Waals surface area contributed by atoms with Crippen LogP contribution in [0, 0.1) is 6.92 Å². The van der Waals surface area contributed by atoms with E-state index in [0.29, 0.717) is 23.8 Å². The summed E-state index contributed by atoms with van der Waals surface area (Å²) in [4.78, 5) is 14.1. The van der Waals surface area contributed by atoms with E-state index >= 15 is 0 Å². The van der Waals surface area contributed by atoms with E-state index < -0.39 is 0 Å². The van der Waals surface area contributed by atoms with E-state index in [1.165, 1.54) is 5.56 Å². The number of carbonyl (C=O) groups is 1. The number of anilines is 1. The van der Waals surface area contributed by atoms with Crippen LogP contribution in [0.15, 0.2) is 24.3 Å². The molecule has 1 aliphatic carbocycles. The third-order valence-corrected chi connectivity index (χ3v) is 3.91. The lowest BCUT2D eigenvalue weighted by Crippen LogP contribution is -2.27. The number of hydrogen-bond donors (Lipinski definition) is 2. The van der Waals surface area contributed by atoms with Crippen molar-refractivity contribution in [3.8, 4) is 0 Å². The first-order valence-electron chi connectivity index (χ1n) is 7.21. The monoisotopic (exact) mass is 284 g/mol. The molecule has 1 aromatic carbocycles. The second kappa shape index (κ2) is 5.24. The first kappa shape index (κ1) is 13.7. The van der Waals surface area contributed by atoms with E-state index in [0.717, 1.165) is 24.1 Å². The number of nitrogen functional groups attached to an aromatic ring is 1. The Kier molecular flexibility index (Phi) is 3.41. The molecule has 110 valence electrons. The van der Waals surface area contributed by atoms with Crippen molar-refractivity contribution in [1.29, 1.82) is 0 Å². The molecular formula is C16H20N4O. The van der Waals surface area contributed by atoms with Crippen molar-refractivity contribution >= 4 is 11.6 Å². The average Bonchev–Trinajstić information content (AvgIpc) is 3.24. The zero-order valence-corrected chi connectivity index (χ0v) is 12.4. The van der Waals surface area contributed by atoms with Crippen LogP contribution in [0.2, 0.25) is 0 Å². The lowest BCUT2D eigenvalue weighted by molar-refractivity contribution is 0.0780. The number of aromatic nitrogens is 2. The minimum atomic E-state index is -0.142. The number of rotatable bonds is 4. The Hall–Kier alpha value is -2.30. The highest BCUT2D eigenvalue weighted by molar-refractivity contribution is 5.97. The molecule has 1 saturated carbocycles. The number of nitrogens with one attached hydrogen (secondary N) is 1. The van der Waals surface area contributed by atoms with Crippen LogP contribution in [-0.4, -0.2) is 28.1 Å². The van der Waals surface area contributed by atoms with Crippen LogP contribution in [0.1, 0.15) is 46.1 Å². The fourth-order valence-corrected chi connectivity index (χ4v) is 2.43. The number of nitrogens with zero attached hydrogens (tertiary/aromatic N) is 2. The normalized spacial score (nSPS) is 14.2. The molecule has 0 spiro atoms. The second-order valence-electron chi connectivity index (χ2n) is 5.82. The summed E-state index contributed by atoms with van der Waals surface area (Å²) in [5.41, 5.74) is 10.1. The highest BCUT2D eigenvalue weighted by Gasteiger charge is 2.31. The van der Waals surface area contributed by atoms with Gasteiger partial charge in [0.2, 0.25) is 0 Å². The van der Waals surface area contributed by atoms with Gasteiger partial charge >= 0.3 is 0 Å². The SMILES string of the molecule is Cc1ccc(CN(C)C(=O)c2n[nH]c(C3CC3)c2N)cc1. The maximum Gasteiger partial charge on any atom is 0.276 e. The zero-order chi connectivity index (χ0) is 15.0. The number of hydrogen-bond acceptors (Lipinski definition) is 3. The fraction of sp³-hybridized carbons (Fsp3) is 0.375. The Bertz CT molecular complexity index is 655. The van der Waals surface area contributed by atoms with Crippen molar-refractivity contribution in [2.24, 2.45) is 0 Å². The van der Waals surface area contributed by atoms with E-state index in [9.17, 15) is 4.79 Å². The Labute approximate surface area is 124 Å². The third kappa shape index (κ3) is 2.77. The van der Waals surface area contributed by atoms with Crippen LogP contribution in [0.3, 0.4) is 0 Å². The molecule has 1 aromatic heterocycles. The first-order chi connectivity index (χ1) is 10.1. The average molecular weight is 284 g/mol. The molecule has 0 bridgehead atoms. The minimum absolute atomic E-state index is 0.142. The van der Waals surface area contributed by atoms with Crippen molar-refractivity contribution < 1.29 is 4.79 Å². The van der Waals surface area contributed by atoms with Gasteiger partial charge in [-0.25, -0.2) is 0 Å². The van der Waals surface area contributed by atoms with Gasteiger partial charge in [-0.15, -0.1) is 0 Å². The highest BCUT2D eigenvalue weighted by Crippen LogP contribution is 2.42. The maximum atomic E-state index is 12.5. The lowest BCUT2D eigenvalue weighted by atomic mass is 10.1. The Morgan fingerprint density at radius 2 is 2.05 bits per heavy atom. The minimum Gasteiger partial charge on any atom is -0.395 e. The molecule has 0 unspecified atom stereocenters. The molecular weight excluding hydrogens is 264 g/mol. The van der Waals surface area contributed by atoms with Crippen molar-refractivity contribution in [2.75, 3.05) is 12.8 Å². The topological polar surface area (TPSA) is 75.0 Å². The summed E-state index contributed by atoms with van der Waals surface area (Å²) in [7, 11) is 1.77. The molecule has 3 rings (SSSR count). The molecule has 0 atom stereocenters. The predicted octanol–water partition coefficient (Wildman–Crippen LogP) is 2.45. The van der Waals surface area contributed by atoms with Crippen LogP contribution < -0.4 is 5.73 Å². The summed E-state index contributed by atoms with van der Waals surface area (Å²) in [6, 6.07) is 8.15. The van der Waals surface area contributed by atoms with E-state index in [1.807, 2.05) is 31.2 Å². The molecule has 0 radical (unpaired) electrons. The summed E-state index contributed by atoms with van der Waals surface area (Å²) in [6.07, 6.45) is 2.25. The number of aromatic amines is 1. The van der Waals surface area contributed by atoms with Crippen LogP contribution in [-0.2, 0) is 6.54 Å². The number of carbonyl (C=O) groups excluding carboxylic acids is 1. The molecule has 1 aliphatic rings. The van der Waals surface area contributed by atoms with Crippen LogP contribution in [0.4, 0.5) is 5.69 Å². The highest BCUT2D eigenvalue weighted by atomic mass is 16.2. The van der Waals surface area contributed by atoms with Gasteiger partial charge in [0.1, 0.15) is 0 Å². The summed E-state index contributed by atoms with van der Waals surface area (Å²) >= 11 is 0. The van der Waals surface area contributed by atoms with Gasteiger partial charge in [-0.1, -0.05) is 29.8 Å². The lowest BCUT2D eigenvalue weighted by Gasteiger charge is -2.16. The fourth-order valence-electron chi connectivity index (χ4n) is 2.43. The molecule has 1 heterocycles. The molecule has 1 amide bonds. The van der Waals surface area contributed by atoms with Crippen LogP contribution in [0.5, 0.6) is 0 Å². The maximum absolute atomic E-state index is 12.5. The molecule has 5 nitrogen and oxygen atoms in total. The van der Waals surface area contributed by atoms with Crippen molar-refractivity contribution in [1.82, 2.24) is 15.1 Å². The van der Waals surface area contributed by atoms with Crippen LogP contribution in [0.25, 0.3) is 0 Å². The van der Waals surface area contributed by atoms with Gasteiger partial charge in [0.25, 0.3) is 5.91 Å². The third-order valence-electron chi connectivity index (χ3n) is 3.91. The summed E-state index contributed by atoms with van der Waals surface area (Å²) in [5.74, 6) is 0.317. The van der Waals surface area contributed by atoms with E-state index in [4.69, 9.17) is 5.73 Å². The quantitative estimate of drug-likeness (QED) is 0.905. The van der Waals surface area contributed by atoms with E-state index in [2.05, 4.69) is 10.2 Å². The molecule has 3 N–H and O–H groups in total. The van der Waals surface area contributed by atoms with Crippen molar-refractivity contribution in [3.63, 3.8) is 0 Å². The number of amides is 1. The molecule has 1 fully saturated rings. The summed E-state index contributed by atoms with van der Waals surface area (Å²) in [5, 5.41) is 7.03. The zero-order valence-electron chi connectivity index (χ0n) is 12.4. The van der Waals surface area contributed by atoms with Gasteiger partial charge in [0.15, 0.2) is 5.69 Å². The molecule has 0 saturated heterocycles. The van der Waals surface area contributed by atoms with Crippen molar-refractivity contribution in [2.45, 2.75) is 32.2 Å². The smallest absolute Gasteiger partial charge is 0.276 e. The summed E-state index contributed by atoms with van der Waals surface area (Å²) in [6.45, 7) is 2.59. The Morgan fingerprint density at radius 3 is 2.67 bits per heavy atom. The van der Waals surface area contributed by atoms with E-state index in [-0.39, 0.29) is 5.91 Å². The second-order valence-corrected chi connectivity index (χ2v) is 5.82. The Balaban J connectivity index is 1.73. The number of aryl methyl sites for hydroxylation is 1. The number of nitrogens with two attached hydrogens (primary N) is 1. The van der Waals surface area contributed by atoms with Crippen LogP contribution >= 0.6 is 0 Å². The van der Waals surface area contributed by atoms with Gasteiger partial charge in [-0.3, -0.25) is 9.89 Å². The Morgan fingerprint density at radius 1 is 1.38 bits per heavy atom. The molecule has 21 heavy (non-hydrogen) atoms. The van der Waals surface area contributed by atoms with E-state index in [1.54, 1.807) is 11.9 Å². The van der Waals surface area contributed by atoms with Crippen molar-refractivity contribution in [3.05, 3.63) is 46.8 Å². The van der Waals surface area contributed by atoms with Gasteiger partial charge in [-0.2, -0.15) is 5.10 Å². The number of benzene rings is 1. The predicted molar refractivity (Wildman–Crippen MR) is 82.0 cm³/mol. The number of H-pyrrole nitrogens is 1. The molecule has 5 heteroatoms. The first-order valence-corrected chi connectivity index (χ1v) is 7.21. The summed E-state index contributed by atoms with van der Waals surface area (Å²) < 4.78 is 0. The largest absolute Gasteiger partial charge is 0.395 e. The van der Waals surface area contributed by atoms with Gasteiger partial charge in [0, 0.05) is 19.5 Å². The molecule has 0 aliphatic heterocycles. The van der Waals surface area contributed by atoms with Gasteiger partial charge in [-0.05, 0) is 25.3 Å².